The first-order valence-electron chi connectivity index (χ1n) is 13.7. The molecule has 8 heteroatoms. The summed E-state index contributed by atoms with van der Waals surface area (Å²) in [5.41, 5.74) is 8.32. The van der Waals surface area contributed by atoms with Crippen molar-refractivity contribution in [3.8, 4) is 22.8 Å². The highest BCUT2D eigenvalue weighted by Gasteiger charge is 2.36. The number of aromatic nitrogens is 7. The maximum atomic E-state index is 5.05. The molecule has 0 spiro atoms. The summed E-state index contributed by atoms with van der Waals surface area (Å²) in [6.07, 6.45) is 6.24. The Hall–Kier alpha value is -3.78. The molecule has 0 unspecified atom stereocenters. The largest absolute Gasteiger partial charge is 0.342 e. The molecule has 1 aliphatic carbocycles. The fourth-order valence-corrected chi connectivity index (χ4v) is 6.20. The van der Waals surface area contributed by atoms with Crippen LogP contribution in [0.25, 0.3) is 33.7 Å². The van der Waals surface area contributed by atoms with Crippen LogP contribution in [0.5, 0.6) is 0 Å². The molecule has 2 aliphatic rings. The van der Waals surface area contributed by atoms with Crippen molar-refractivity contribution in [2.75, 3.05) is 13.1 Å². The van der Waals surface area contributed by atoms with E-state index in [0.717, 1.165) is 60.0 Å². The SMILES string of the molecule is CCN1CCc2[nH]c(-c3ccc(-c4nc(Cc5ccc6[nH]ncc6c5C5CC5)n(C)n4)cc3)nc2C1(C)C. The summed E-state index contributed by atoms with van der Waals surface area (Å²) in [5.74, 6) is 3.29. The molecular weight excluding hydrogens is 472 g/mol. The third-order valence-electron chi connectivity index (χ3n) is 8.52. The van der Waals surface area contributed by atoms with E-state index in [-0.39, 0.29) is 5.54 Å². The number of aromatic amines is 2. The molecule has 2 aromatic carbocycles. The molecule has 1 aliphatic heterocycles. The lowest BCUT2D eigenvalue weighted by Gasteiger charge is -2.40. The summed E-state index contributed by atoms with van der Waals surface area (Å²) in [7, 11) is 1.99. The van der Waals surface area contributed by atoms with E-state index in [1.807, 2.05) is 17.9 Å². The third-order valence-corrected chi connectivity index (χ3v) is 8.52. The number of hydrogen-bond acceptors (Lipinski definition) is 5. The number of nitrogens with zero attached hydrogens (tertiary/aromatic N) is 6. The van der Waals surface area contributed by atoms with Gasteiger partial charge in [0.25, 0.3) is 0 Å². The van der Waals surface area contributed by atoms with E-state index >= 15 is 0 Å². The minimum atomic E-state index is -0.0627. The molecule has 0 bridgehead atoms. The first-order valence-corrected chi connectivity index (χ1v) is 13.7. The van der Waals surface area contributed by atoms with Crippen LogP contribution >= 0.6 is 0 Å². The third kappa shape index (κ3) is 3.77. The van der Waals surface area contributed by atoms with Crippen LogP contribution in [0.2, 0.25) is 0 Å². The van der Waals surface area contributed by atoms with Crippen molar-refractivity contribution in [2.45, 2.75) is 57.9 Å². The molecule has 38 heavy (non-hydrogen) atoms. The van der Waals surface area contributed by atoms with Gasteiger partial charge in [0.05, 0.1) is 22.9 Å². The van der Waals surface area contributed by atoms with E-state index in [1.165, 1.54) is 40.7 Å². The number of H-pyrrole nitrogens is 2. The van der Waals surface area contributed by atoms with Crippen molar-refractivity contribution >= 4 is 10.9 Å². The standard InChI is InChI=1S/C30H34N8/c1-5-38-15-14-24-27(30(38,2)3)34-28(32-24)19-8-10-20(11-9-19)29-33-25(37(4)36-29)16-21-12-13-23-22(17-31-35-23)26(21)18-6-7-18/h8-13,17-18H,5-7,14-16H2,1-4H3,(H,31,35)(H,32,34). The molecule has 1 saturated carbocycles. The average molecular weight is 507 g/mol. The molecular formula is C30H34N8. The summed E-state index contributed by atoms with van der Waals surface area (Å²) >= 11 is 0. The normalized spacial score (nSPS) is 17.3. The second kappa shape index (κ2) is 8.63. The van der Waals surface area contributed by atoms with Crippen molar-refractivity contribution in [2.24, 2.45) is 7.05 Å². The van der Waals surface area contributed by atoms with Gasteiger partial charge in [-0.1, -0.05) is 37.3 Å². The topological polar surface area (TPSA) is 91.3 Å². The van der Waals surface area contributed by atoms with Crippen LogP contribution in [0.1, 0.15) is 67.9 Å². The fourth-order valence-electron chi connectivity index (χ4n) is 6.20. The minimum absolute atomic E-state index is 0.0627. The van der Waals surface area contributed by atoms with E-state index in [0.29, 0.717) is 5.92 Å². The maximum absolute atomic E-state index is 5.05. The highest BCUT2D eigenvalue weighted by molar-refractivity contribution is 5.84. The first-order chi connectivity index (χ1) is 18.4. The lowest BCUT2D eigenvalue weighted by molar-refractivity contribution is 0.110. The number of aryl methyl sites for hydroxylation is 1. The van der Waals surface area contributed by atoms with Gasteiger partial charge in [-0.2, -0.15) is 10.2 Å². The highest BCUT2D eigenvalue weighted by atomic mass is 15.3. The van der Waals surface area contributed by atoms with Gasteiger partial charge in [0.1, 0.15) is 11.6 Å². The predicted molar refractivity (Wildman–Crippen MR) is 149 cm³/mol. The van der Waals surface area contributed by atoms with Crippen LogP contribution in [0.15, 0.2) is 42.6 Å². The number of imidazole rings is 1. The van der Waals surface area contributed by atoms with E-state index in [4.69, 9.17) is 15.1 Å². The molecule has 4 heterocycles. The van der Waals surface area contributed by atoms with E-state index in [1.54, 1.807) is 0 Å². The van der Waals surface area contributed by atoms with Crippen molar-refractivity contribution in [1.29, 1.82) is 0 Å². The fraction of sp³-hybridized carbons (Fsp3) is 0.400. The molecule has 1 fully saturated rings. The Labute approximate surface area is 222 Å². The van der Waals surface area contributed by atoms with Gasteiger partial charge in [-0.3, -0.25) is 14.7 Å². The quantitative estimate of drug-likeness (QED) is 0.325. The summed E-state index contributed by atoms with van der Waals surface area (Å²) in [4.78, 5) is 16.1. The summed E-state index contributed by atoms with van der Waals surface area (Å²) in [5, 5.41) is 13.4. The summed E-state index contributed by atoms with van der Waals surface area (Å²) in [6.45, 7) is 8.85. The van der Waals surface area contributed by atoms with E-state index in [2.05, 4.69) is 77.3 Å². The number of hydrogen-bond donors (Lipinski definition) is 2. The van der Waals surface area contributed by atoms with Gasteiger partial charge in [0, 0.05) is 48.6 Å². The lowest BCUT2D eigenvalue weighted by atomic mass is 9.91. The van der Waals surface area contributed by atoms with Gasteiger partial charge >= 0.3 is 0 Å². The van der Waals surface area contributed by atoms with Gasteiger partial charge in [-0.15, -0.1) is 0 Å². The van der Waals surface area contributed by atoms with Crippen LogP contribution in [0, 0.1) is 0 Å². The molecule has 5 aromatic rings. The minimum Gasteiger partial charge on any atom is -0.342 e. The average Bonchev–Trinajstić information content (AvgIpc) is 3.29. The number of fused-ring (bicyclic) bond motifs is 2. The van der Waals surface area contributed by atoms with Gasteiger partial charge in [-0.25, -0.2) is 9.97 Å². The van der Waals surface area contributed by atoms with Crippen molar-refractivity contribution in [3.63, 3.8) is 0 Å². The summed E-state index contributed by atoms with van der Waals surface area (Å²) < 4.78 is 1.92. The van der Waals surface area contributed by atoms with Crippen LogP contribution in [0.4, 0.5) is 0 Å². The highest BCUT2D eigenvalue weighted by Crippen LogP contribution is 2.45. The zero-order valence-electron chi connectivity index (χ0n) is 22.5. The van der Waals surface area contributed by atoms with Crippen molar-refractivity contribution in [3.05, 3.63) is 70.9 Å². The maximum Gasteiger partial charge on any atom is 0.181 e. The number of likely N-dealkylation sites (N-methyl/N-ethyl adjacent to an activating group) is 1. The number of rotatable bonds is 6. The number of benzene rings is 2. The molecule has 0 saturated heterocycles. The second-order valence-corrected chi connectivity index (χ2v) is 11.3. The van der Waals surface area contributed by atoms with Gasteiger partial charge in [0.15, 0.2) is 5.82 Å². The molecule has 0 atom stereocenters. The predicted octanol–water partition coefficient (Wildman–Crippen LogP) is 5.33. The molecule has 7 rings (SSSR count). The molecule has 0 radical (unpaired) electrons. The summed E-state index contributed by atoms with van der Waals surface area (Å²) in [6, 6.07) is 12.8. The Bertz CT molecular complexity index is 1630. The zero-order chi connectivity index (χ0) is 26.0. The Morgan fingerprint density at radius 3 is 2.58 bits per heavy atom. The van der Waals surface area contributed by atoms with Crippen molar-refractivity contribution < 1.29 is 0 Å². The molecule has 8 nitrogen and oxygen atoms in total. The zero-order valence-corrected chi connectivity index (χ0v) is 22.5. The van der Waals surface area contributed by atoms with Crippen LogP contribution in [0.3, 0.4) is 0 Å². The van der Waals surface area contributed by atoms with E-state index < -0.39 is 0 Å². The monoisotopic (exact) mass is 506 g/mol. The molecule has 3 aromatic heterocycles. The Kier molecular flexibility index (Phi) is 5.30. The van der Waals surface area contributed by atoms with Crippen LogP contribution in [-0.2, 0) is 25.4 Å². The Balaban J connectivity index is 1.15. The Morgan fingerprint density at radius 1 is 1.03 bits per heavy atom. The van der Waals surface area contributed by atoms with Crippen LogP contribution in [-0.4, -0.2) is 52.9 Å². The smallest absolute Gasteiger partial charge is 0.181 e. The second-order valence-electron chi connectivity index (χ2n) is 11.3. The first kappa shape index (κ1) is 23.3. The number of nitrogens with one attached hydrogen (secondary N) is 2. The van der Waals surface area contributed by atoms with Crippen LogP contribution < -0.4 is 0 Å². The van der Waals surface area contributed by atoms with Gasteiger partial charge < -0.3 is 4.98 Å². The van der Waals surface area contributed by atoms with Gasteiger partial charge in [-0.05, 0) is 56.3 Å². The van der Waals surface area contributed by atoms with Gasteiger partial charge in [0.2, 0.25) is 0 Å². The Morgan fingerprint density at radius 2 is 1.82 bits per heavy atom. The molecule has 2 N–H and O–H groups in total. The molecule has 194 valence electrons. The van der Waals surface area contributed by atoms with E-state index in [9.17, 15) is 0 Å². The molecule has 0 amide bonds. The van der Waals surface area contributed by atoms with Crippen molar-refractivity contribution in [1.82, 2.24) is 39.8 Å². The lowest BCUT2D eigenvalue weighted by Crippen LogP contribution is -2.46.